The fourth-order valence-corrected chi connectivity index (χ4v) is 0. The summed E-state index contributed by atoms with van der Waals surface area (Å²) in [7, 11) is 0. The van der Waals surface area contributed by atoms with Crippen LogP contribution in [0.5, 0.6) is 0 Å². The monoisotopic (exact) mass is 60.0 g/mol. The molecule has 0 atom stereocenters. The van der Waals surface area contributed by atoms with Gasteiger partial charge in [0.1, 0.15) is 0 Å². The summed E-state index contributed by atoms with van der Waals surface area (Å²) >= 11 is 0. The van der Waals surface area contributed by atoms with Gasteiger partial charge >= 0.3 is 6.03 Å². The second kappa shape index (κ2) is 0.711. The molecule has 0 spiro atoms. The molecule has 0 saturated carbocycles. The van der Waals surface area contributed by atoms with Crippen LogP contribution in [0.2, 0.25) is 0 Å². The molecule has 0 aliphatic carbocycles. The summed E-state index contributed by atoms with van der Waals surface area (Å²) in [6.45, 7) is 0. The SMILES string of the molecule is [14NH2]C([14NH2])=O. The summed E-state index contributed by atoms with van der Waals surface area (Å²) < 4.78 is 0. The molecule has 0 saturated heterocycles. The first kappa shape index (κ1) is 3.27. The first-order valence-electron chi connectivity index (χ1n) is 0.781. The third kappa shape index (κ3) is 0.174. The highest BCUT2D eigenvalue weighted by Gasteiger charge is 1.60. The summed E-state index contributed by atoms with van der Waals surface area (Å²) in [6, 6.07) is -0.833. The van der Waals surface area contributed by atoms with E-state index in [0.29, 0.717) is 0 Å². The molecule has 4 heavy (non-hydrogen) atoms. The van der Waals surface area contributed by atoms with Gasteiger partial charge in [-0.15, -0.1) is 0 Å². The lowest BCUT2D eigenvalue weighted by atomic mass is 11.2. The van der Waals surface area contributed by atoms with Crippen molar-refractivity contribution >= 4 is 6.03 Å². The van der Waals surface area contributed by atoms with Gasteiger partial charge in [0, 0.05) is 0 Å². The second-order valence-corrected chi connectivity index (χ2v) is 0.402. The maximum Gasteiger partial charge on any atom is 0.309 e. The Balaban J connectivity index is 2.80. The number of hydrogen-bond acceptors (Lipinski definition) is 1. The number of carbonyl (C=O) groups is 1. The molecular formula is CH4N2O. The topological polar surface area (TPSA) is 69.1 Å². The highest BCUT2D eigenvalue weighted by molar-refractivity contribution is 5.69. The van der Waals surface area contributed by atoms with Gasteiger partial charge in [0.15, 0.2) is 0 Å². The van der Waals surface area contributed by atoms with Crippen molar-refractivity contribution in [1.82, 2.24) is 0 Å². The van der Waals surface area contributed by atoms with Gasteiger partial charge in [-0.1, -0.05) is 0 Å². The summed E-state index contributed by atoms with van der Waals surface area (Å²) in [5, 5.41) is 0. The number of carbonyl (C=O) groups excluding carboxylic acids is 1. The zero-order valence-corrected chi connectivity index (χ0v) is 2.06. The van der Waals surface area contributed by atoms with Crippen LogP contribution in [0.1, 0.15) is 0 Å². The van der Waals surface area contributed by atoms with Crippen LogP contribution in [0.15, 0.2) is 0 Å². The third-order valence-corrected chi connectivity index (χ3v) is 0. The molecule has 0 aromatic carbocycles. The molecule has 0 aliphatic rings. The van der Waals surface area contributed by atoms with Crippen molar-refractivity contribution in [2.45, 2.75) is 0 Å². The Labute approximate surface area is 23.6 Å². The molecule has 0 heterocycles. The summed E-state index contributed by atoms with van der Waals surface area (Å²) in [5.41, 5.74) is 8.50. The largest absolute Gasteiger partial charge is 0.352 e. The van der Waals surface area contributed by atoms with Gasteiger partial charge in [0.2, 0.25) is 0 Å². The third-order valence-electron chi connectivity index (χ3n) is 0. The Kier molecular flexibility index (Phi) is 0.581. The van der Waals surface area contributed by atoms with Crippen molar-refractivity contribution in [3.63, 3.8) is 0 Å². The van der Waals surface area contributed by atoms with Gasteiger partial charge in [-0.3, -0.25) is 0 Å². The molecule has 0 radical (unpaired) electrons. The lowest BCUT2D eigenvalue weighted by Gasteiger charge is -1.62. The highest BCUT2D eigenvalue weighted by atomic mass is 16.2. The molecule has 0 rings (SSSR count). The first-order chi connectivity index (χ1) is 1.73. The summed E-state index contributed by atoms with van der Waals surface area (Å²) in [4.78, 5) is 9.00. The number of hydrogen-bond donors (Lipinski definition) is 2. The zero-order valence-electron chi connectivity index (χ0n) is 2.06. The number of primary amides is 2. The van der Waals surface area contributed by atoms with Crippen LogP contribution in [0.3, 0.4) is 0 Å². The molecule has 24 valence electrons. The molecular weight excluding hydrogens is 56.0 g/mol. The Morgan fingerprint density at radius 3 is 1.50 bits per heavy atom. The standard InChI is InChI=1S/CH4N2O/c2-1(3)4/h(H4,2,3,4)/i2+0,3+0. The van der Waals surface area contributed by atoms with Crippen molar-refractivity contribution in [2.75, 3.05) is 0 Å². The predicted octanol–water partition coefficient (Wildman–Crippen LogP) is -0.976. The van der Waals surface area contributed by atoms with Crippen LogP contribution in [0, 0.1) is 0 Å². The van der Waals surface area contributed by atoms with Gasteiger partial charge in [0.05, 0.1) is 0 Å². The highest BCUT2D eigenvalue weighted by Crippen LogP contribution is 1.25. The van der Waals surface area contributed by atoms with Gasteiger partial charge in [-0.25, -0.2) is 4.79 Å². The van der Waals surface area contributed by atoms with Crippen molar-refractivity contribution in [1.29, 1.82) is 0 Å². The minimum Gasteiger partial charge on any atom is -0.352 e. The Morgan fingerprint density at radius 1 is 1.50 bits per heavy atom. The average Bonchev–Trinajstić information content (AvgIpc) is 0.811. The van der Waals surface area contributed by atoms with E-state index in [9.17, 15) is 0 Å². The van der Waals surface area contributed by atoms with E-state index < -0.39 is 6.03 Å². The molecule has 0 aliphatic heterocycles. The Hall–Kier alpha value is -0.730. The fraction of sp³-hybridized carbons (Fsp3) is 0. The molecule has 3 heteroatoms. The Bertz CT molecular complexity index is 29.0. The number of nitrogens with two attached hydrogens (primary N) is 2. The minimum absolute atomic E-state index is 0.833. The predicted molar refractivity (Wildman–Crippen MR) is 13.8 cm³/mol. The number of rotatable bonds is 0. The molecule has 0 unspecified atom stereocenters. The average molecular weight is 60.0 g/mol. The number of amides is 2. The van der Waals surface area contributed by atoms with E-state index in [1.807, 2.05) is 0 Å². The normalized spacial score (nSPS) is 6.00. The Morgan fingerprint density at radius 2 is 1.50 bits per heavy atom. The fourth-order valence-electron chi connectivity index (χ4n) is 0. The van der Waals surface area contributed by atoms with E-state index in [1.165, 1.54) is 0 Å². The van der Waals surface area contributed by atoms with Crippen LogP contribution in [0.4, 0.5) is 4.79 Å². The maximum absolute atomic E-state index is 9.00. The van der Waals surface area contributed by atoms with Crippen LogP contribution in [-0.4, -0.2) is 6.03 Å². The van der Waals surface area contributed by atoms with Crippen LogP contribution < -0.4 is 11.5 Å². The first-order valence-corrected chi connectivity index (χ1v) is 0.781. The van der Waals surface area contributed by atoms with E-state index in [1.54, 1.807) is 0 Å². The van der Waals surface area contributed by atoms with Crippen molar-refractivity contribution in [3.05, 3.63) is 0 Å². The van der Waals surface area contributed by atoms with E-state index in [0.717, 1.165) is 0 Å². The number of urea groups is 1. The quantitative estimate of drug-likeness (QED) is 0.371. The minimum atomic E-state index is -0.833. The summed E-state index contributed by atoms with van der Waals surface area (Å²) in [6.07, 6.45) is 0. The lowest BCUT2D eigenvalue weighted by Crippen LogP contribution is -2.18. The van der Waals surface area contributed by atoms with Crippen molar-refractivity contribution in [2.24, 2.45) is 11.5 Å². The molecule has 0 bridgehead atoms. The van der Waals surface area contributed by atoms with Crippen LogP contribution in [0.25, 0.3) is 0 Å². The maximum atomic E-state index is 9.00. The van der Waals surface area contributed by atoms with Gasteiger partial charge in [0.25, 0.3) is 0 Å². The second-order valence-electron chi connectivity index (χ2n) is 0.402. The van der Waals surface area contributed by atoms with E-state index in [-0.39, 0.29) is 0 Å². The van der Waals surface area contributed by atoms with Gasteiger partial charge in [-0.2, -0.15) is 0 Å². The smallest absolute Gasteiger partial charge is 0.309 e. The van der Waals surface area contributed by atoms with E-state index in [4.69, 9.17) is 4.79 Å². The van der Waals surface area contributed by atoms with Crippen molar-refractivity contribution < 1.29 is 4.79 Å². The molecule has 4 N–H and O–H groups in total. The van der Waals surface area contributed by atoms with Crippen LogP contribution >= 0.6 is 0 Å². The zero-order chi connectivity index (χ0) is 3.58. The molecule has 0 fully saturated rings. The molecule has 2 amide bonds. The van der Waals surface area contributed by atoms with E-state index in [2.05, 4.69) is 11.5 Å². The van der Waals surface area contributed by atoms with Gasteiger partial charge < -0.3 is 11.5 Å². The van der Waals surface area contributed by atoms with E-state index >= 15 is 0 Å². The van der Waals surface area contributed by atoms with Crippen molar-refractivity contribution in [3.8, 4) is 0 Å². The molecule has 0 aromatic heterocycles. The summed E-state index contributed by atoms with van der Waals surface area (Å²) in [5.74, 6) is 0. The lowest BCUT2D eigenvalue weighted by molar-refractivity contribution is 0.256. The van der Waals surface area contributed by atoms with Crippen LogP contribution in [-0.2, 0) is 0 Å². The van der Waals surface area contributed by atoms with Gasteiger partial charge in [-0.05, 0) is 0 Å². The molecule has 3 nitrogen and oxygen atoms in total. The molecule has 0 aromatic rings.